The molecule has 178 valence electrons. The van der Waals surface area contributed by atoms with E-state index in [1.807, 2.05) is 0 Å². The van der Waals surface area contributed by atoms with E-state index < -0.39 is 0 Å². The maximum atomic E-state index is 9.77. The van der Waals surface area contributed by atoms with E-state index in [2.05, 4.69) is 4.98 Å². The van der Waals surface area contributed by atoms with E-state index in [1.54, 1.807) is 18.2 Å². The number of aliphatic hydroxyl groups is 1. The fraction of sp³-hybridized carbons (Fsp3) is 0.364. The third-order valence-corrected chi connectivity index (χ3v) is 6.84. The van der Waals surface area contributed by atoms with Gasteiger partial charge in [-0.25, -0.2) is 0 Å². The summed E-state index contributed by atoms with van der Waals surface area (Å²) in [5.41, 5.74) is 0.449. The number of benzene rings is 2. The van der Waals surface area contributed by atoms with Crippen molar-refractivity contribution in [2.24, 2.45) is 0 Å². The molecule has 0 aliphatic rings. The van der Waals surface area contributed by atoms with Crippen LogP contribution in [0, 0.1) is 5.39 Å². The van der Waals surface area contributed by atoms with Crippen molar-refractivity contribution in [1.29, 1.82) is 5.39 Å². The molecule has 0 amide bonds. The third kappa shape index (κ3) is 7.63. The normalized spacial score (nSPS) is 11.2. The molecule has 33 heavy (non-hydrogen) atoms. The molecule has 0 aromatic heterocycles. The molecular weight excluding hydrogens is 534 g/mol. The van der Waals surface area contributed by atoms with Crippen molar-refractivity contribution in [1.82, 2.24) is 0 Å². The fourth-order valence-corrected chi connectivity index (χ4v) is 4.11. The number of nitrogens with zero attached hydrogens (tertiary/aromatic N) is 2. The largest absolute Gasteiger partial charge is 0.501 e. The summed E-state index contributed by atoms with van der Waals surface area (Å²) in [5.74, 6) is 1.10. The molecule has 0 bridgehead atoms. The molecule has 2 aromatic carbocycles. The van der Waals surface area contributed by atoms with Gasteiger partial charge in [0.25, 0.3) is 0 Å². The maximum Gasteiger partial charge on any atom is 0.392 e. The Bertz CT molecular complexity index is 1010. The molecule has 2 rings (SSSR count). The molecule has 0 aliphatic heterocycles. The first-order valence-corrected chi connectivity index (χ1v) is 11.9. The average molecular weight is 556 g/mol. The highest BCUT2D eigenvalue weighted by molar-refractivity contribution is 6.55. The van der Waals surface area contributed by atoms with Gasteiger partial charge in [0, 0.05) is 5.56 Å². The zero-order valence-corrected chi connectivity index (χ0v) is 21.5. The molecule has 11 heteroatoms. The van der Waals surface area contributed by atoms with Crippen molar-refractivity contribution in [3.63, 3.8) is 0 Å². The lowest BCUT2D eigenvalue weighted by molar-refractivity contribution is 0.281. The summed E-state index contributed by atoms with van der Waals surface area (Å²) in [5, 5.41) is 18.9. The van der Waals surface area contributed by atoms with Gasteiger partial charge in [-0.1, -0.05) is 77.3 Å². The number of aliphatic hydroxyl groups excluding tert-OH is 1. The van der Waals surface area contributed by atoms with Crippen LogP contribution in [0.1, 0.15) is 37.7 Å². The summed E-state index contributed by atoms with van der Waals surface area (Å²) in [6.07, 6.45) is 5.52. The van der Waals surface area contributed by atoms with Crippen LogP contribution in [0.3, 0.4) is 0 Å². The van der Waals surface area contributed by atoms with Gasteiger partial charge in [-0.2, -0.15) is 0 Å². The lowest BCUT2D eigenvalue weighted by Crippen LogP contribution is -2.01. The van der Waals surface area contributed by atoms with Crippen LogP contribution in [-0.2, 0) is 0 Å². The molecule has 2 aromatic rings. The van der Waals surface area contributed by atoms with Crippen molar-refractivity contribution in [2.75, 3.05) is 20.3 Å². The van der Waals surface area contributed by atoms with Crippen molar-refractivity contribution >= 4 is 63.8 Å². The zero-order chi connectivity index (χ0) is 24.4. The lowest BCUT2D eigenvalue weighted by atomic mass is 10.1. The Balaban J connectivity index is 1.69. The number of diazo groups is 1. The standard InChI is InChI=1S/C22H21Cl5N2O4/c1-31-16-11-13(14(30)12-29-28)7-8-15(16)32-9-5-3-2-4-6-10-33-22-20(26)18(24)17(23)19(25)21(22)27/h7-8,11-12H,2-6,9-10H2,1H3/p+1/b14-12-. The minimum absolute atomic E-state index is 0.101. The molecule has 0 fully saturated rings. The van der Waals surface area contributed by atoms with Crippen LogP contribution in [-0.4, -0.2) is 25.4 Å². The molecule has 1 N–H and O–H groups in total. The highest BCUT2D eigenvalue weighted by Crippen LogP contribution is 2.48. The van der Waals surface area contributed by atoms with Gasteiger partial charge in [0.1, 0.15) is 10.0 Å². The molecule has 6 nitrogen and oxygen atoms in total. The van der Waals surface area contributed by atoms with E-state index in [1.165, 1.54) is 7.11 Å². The number of rotatable bonds is 12. The van der Waals surface area contributed by atoms with Gasteiger partial charge in [-0.05, 0) is 31.0 Å². The Morgan fingerprint density at radius 1 is 0.848 bits per heavy atom. The first-order valence-electron chi connectivity index (χ1n) is 10.0. The number of hydrogen-bond acceptors (Lipinski definition) is 5. The summed E-state index contributed by atoms with van der Waals surface area (Å²) in [6.45, 7) is 0.936. The van der Waals surface area contributed by atoms with Crippen LogP contribution in [0.25, 0.3) is 10.7 Å². The summed E-state index contributed by atoms with van der Waals surface area (Å²) in [4.78, 5) is 2.80. The number of unbranched alkanes of at least 4 members (excludes halogenated alkanes) is 4. The molecule has 0 saturated heterocycles. The van der Waals surface area contributed by atoms with Gasteiger partial charge < -0.3 is 19.3 Å². The summed E-state index contributed by atoms with van der Waals surface area (Å²) >= 11 is 30.3. The number of hydrogen-bond donors (Lipinski definition) is 1. The Morgan fingerprint density at radius 3 is 1.97 bits per heavy atom. The minimum Gasteiger partial charge on any atom is -0.501 e. The molecule has 0 saturated carbocycles. The predicted molar refractivity (Wildman–Crippen MR) is 134 cm³/mol. The summed E-state index contributed by atoms with van der Waals surface area (Å²) in [6, 6.07) is 4.94. The van der Waals surface area contributed by atoms with Crippen LogP contribution in [0.5, 0.6) is 17.2 Å². The SMILES string of the molecule is COc1cc(/C(O)=C/[N+]#N)ccc1OCCCCCCCOc1c(Cl)c(Cl)c(Cl)c(Cl)c1Cl. The van der Waals surface area contributed by atoms with E-state index in [0.29, 0.717) is 30.3 Å². The molecule has 0 spiro atoms. The van der Waals surface area contributed by atoms with Crippen molar-refractivity contribution in [3.8, 4) is 17.2 Å². The number of ether oxygens (including phenoxy) is 3. The van der Waals surface area contributed by atoms with Crippen LogP contribution in [0.15, 0.2) is 24.4 Å². The quantitative estimate of drug-likeness (QED) is 0.0929. The minimum atomic E-state index is -0.182. The highest BCUT2D eigenvalue weighted by atomic mass is 35.5. The maximum absolute atomic E-state index is 9.77. The fourth-order valence-electron chi connectivity index (χ4n) is 2.88. The summed E-state index contributed by atoms with van der Waals surface area (Å²) in [7, 11) is 1.51. The number of halogens is 5. The van der Waals surface area contributed by atoms with Gasteiger partial charge in [0.2, 0.25) is 11.2 Å². The first-order chi connectivity index (χ1) is 15.8. The summed E-state index contributed by atoms with van der Waals surface area (Å²) < 4.78 is 16.7. The van der Waals surface area contributed by atoms with Crippen molar-refractivity contribution in [3.05, 3.63) is 60.1 Å². The predicted octanol–water partition coefficient (Wildman–Crippen LogP) is 9.08. The highest BCUT2D eigenvalue weighted by Gasteiger charge is 2.20. The molecule has 0 aliphatic carbocycles. The van der Waals surface area contributed by atoms with Gasteiger partial charge >= 0.3 is 6.20 Å². The second-order valence-electron chi connectivity index (χ2n) is 6.86. The van der Waals surface area contributed by atoms with E-state index in [4.69, 9.17) is 77.6 Å². The zero-order valence-electron chi connectivity index (χ0n) is 17.7. The van der Waals surface area contributed by atoms with Gasteiger partial charge in [0.05, 0.1) is 35.4 Å². The molecular formula is C22H22Cl5N2O4+. The van der Waals surface area contributed by atoms with Crippen LogP contribution in [0.4, 0.5) is 0 Å². The topological polar surface area (TPSA) is 76.1 Å². The molecule has 0 radical (unpaired) electrons. The van der Waals surface area contributed by atoms with E-state index in [-0.39, 0.29) is 36.6 Å². The van der Waals surface area contributed by atoms with Crippen LogP contribution < -0.4 is 14.2 Å². The molecule has 0 unspecified atom stereocenters. The van der Waals surface area contributed by atoms with E-state index in [9.17, 15) is 5.11 Å². The van der Waals surface area contributed by atoms with E-state index in [0.717, 1.165) is 38.3 Å². The molecule has 0 heterocycles. The second-order valence-corrected chi connectivity index (χ2v) is 8.75. The van der Waals surface area contributed by atoms with Gasteiger partial charge in [-0.3, -0.25) is 0 Å². The Kier molecular flexibility index (Phi) is 11.5. The molecule has 0 atom stereocenters. The smallest absolute Gasteiger partial charge is 0.392 e. The average Bonchev–Trinajstić information content (AvgIpc) is 2.82. The monoisotopic (exact) mass is 553 g/mol. The van der Waals surface area contributed by atoms with Crippen LogP contribution >= 0.6 is 58.0 Å². The first kappa shape index (κ1) is 27.5. The Hall–Kier alpha value is -1.75. The Morgan fingerprint density at radius 2 is 1.39 bits per heavy atom. The van der Waals surface area contributed by atoms with Crippen LogP contribution in [0.2, 0.25) is 25.1 Å². The van der Waals surface area contributed by atoms with E-state index >= 15 is 0 Å². The third-order valence-electron chi connectivity index (χ3n) is 4.60. The van der Waals surface area contributed by atoms with Crippen molar-refractivity contribution in [2.45, 2.75) is 32.1 Å². The van der Waals surface area contributed by atoms with Gasteiger partial charge in [-0.15, -0.1) is 0 Å². The lowest BCUT2D eigenvalue weighted by Gasteiger charge is -2.13. The van der Waals surface area contributed by atoms with Crippen molar-refractivity contribution < 1.29 is 19.3 Å². The van der Waals surface area contributed by atoms with Gasteiger partial charge in [0.15, 0.2) is 22.2 Å². The Labute approximate surface area is 217 Å². The number of methoxy groups -OCH3 is 1. The second kappa shape index (κ2) is 13.8.